The van der Waals surface area contributed by atoms with E-state index in [2.05, 4.69) is 41.5 Å². The maximum absolute atomic E-state index is 12.7. The third-order valence-corrected chi connectivity index (χ3v) is 6.17. The van der Waals surface area contributed by atoms with Crippen LogP contribution in [0.1, 0.15) is 73.4 Å². The molecule has 0 fully saturated rings. The second-order valence-corrected chi connectivity index (χ2v) is 11.1. The minimum absolute atomic E-state index is 0.0308. The first-order chi connectivity index (χ1) is 16.9. The highest BCUT2D eigenvalue weighted by molar-refractivity contribution is 5.99. The van der Waals surface area contributed by atoms with Crippen molar-refractivity contribution in [1.82, 2.24) is 0 Å². The standard InChI is InChI=1S/C32H32O4/c1-31(2,3)25-11-15-27(16-12-25)35-29(33)23-9-7-22-20-24(10-8-21(22)19-23)30(34)36-28-17-13-26(14-18-28)32(4,5)6/h7-20H,1-6H3. The van der Waals surface area contributed by atoms with Crippen molar-refractivity contribution in [2.75, 3.05) is 0 Å². The zero-order valence-electron chi connectivity index (χ0n) is 21.7. The van der Waals surface area contributed by atoms with Gasteiger partial charge in [0.05, 0.1) is 11.1 Å². The Kier molecular flexibility index (Phi) is 6.73. The topological polar surface area (TPSA) is 52.6 Å². The maximum Gasteiger partial charge on any atom is 0.343 e. The van der Waals surface area contributed by atoms with Crippen molar-refractivity contribution in [3.05, 3.63) is 107 Å². The maximum atomic E-state index is 12.7. The molecule has 0 radical (unpaired) electrons. The quantitative estimate of drug-likeness (QED) is 0.220. The Morgan fingerprint density at radius 1 is 0.500 bits per heavy atom. The molecular weight excluding hydrogens is 448 g/mol. The van der Waals surface area contributed by atoms with Crippen LogP contribution in [-0.2, 0) is 10.8 Å². The Labute approximate surface area is 212 Å². The number of rotatable bonds is 4. The van der Waals surface area contributed by atoms with Gasteiger partial charge in [-0.15, -0.1) is 0 Å². The summed E-state index contributed by atoms with van der Waals surface area (Å²) in [5.74, 6) is 0.147. The van der Waals surface area contributed by atoms with Crippen LogP contribution in [0, 0.1) is 0 Å². The van der Waals surface area contributed by atoms with Gasteiger partial charge in [-0.2, -0.15) is 0 Å². The number of hydrogen-bond acceptors (Lipinski definition) is 4. The molecule has 4 heteroatoms. The van der Waals surface area contributed by atoms with E-state index in [1.165, 1.54) is 11.1 Å². The van der Waals surface area contributed by atoms with Crippen LogP contribution in [0.5, 0.6) is 11.5 Å². The monoisotopic (exact) mass is 480 g/mol. The molecule has 0 heterocycles. The first-order valence-corrected chi connectivity index (χ1v) is 12.1. The lowest BCUT2D eigenvalue weighted by Crippen LogP contribution is -2.12. The van der Waals surface area contributed by atoms with E-state index < -0.39 is 11.9 Å². The molecule has 0 saturated carbocycles. The molecule has 0 aliphatic heterocycles. The molecule has 4 nitrogen and oxygen atoms in total. The lowest BCUT2D eigenvalue weighted by molar-refractivity contribution is 0.0725. The first-order valence-electron chi connectivity index (χ1n) is 12.1. The second-order valence-electron chi connectivity index (χ2n) is 11.1. The highest BCUT2D eigenvalue weighted by Gasteiger charge is 2.16. The zero-order valence-corrected chi connectivity index (χ0v) is 21.7. The largest absolute Gasteiger partial charge is 0.423 e. The average Bonchev–Trinajstić information content (AvgIpc) is 2.83. The summed E-state index contributed by atoms with van der Waals surface area (Å²) in [6.07, 6.45) is 0. The van der Waals surface area contributed by atoms with Gasteiger partial charge in [0.15, 0.2) is 0 Å². The molecule has 4 rings (SSSR count). The van der Waals surface area contributed by atoms with E-state index in [4.69, 9.17) is 9.47 Å². The van der Waals surface area contributed by atoms with E-state index in [1.807, 2.05) is 60.7 Å². The molecule has 0 aliphatic rings. The molecule has 4 aromatic carbocycles. The lowest BCUT2D eigenvalue weighted by atomic mass is 9.87. The van der Waals surface area contributed by atoms with Crippen molar-refractivity contribution in [3.8, 4) is 11.5 Å². The Hall–Kier alpha value is -3.92. The van der Waals surface area contributed by atoms with Gasteiger partial charge in [0.1, 0.15) is 11.5 Å². The van der Waals surface area contributed by atoms with E-state index in [0.717, 1.165) is 10.8 Å². The molecule has 36 heavy (non-hydrogen) atoms. The summed E-state index contributed by atoms with van der Waals surface area (Å²) in [6, 6.07) is 25.7. The number of carbonyl (C=O) groups excluding carboxylic acids is 2. The van der Waals surface area contributed by atoms with Crippen LogP contribution in [0.25, 0.3) is 10.8 Å². The number of esters is 2. The van der Waals surface area contributed by atoms with Crippen LogP contribution in [0.15, 0.2) is 84.9 Å². The molecule has 0 saturated heterocycles. The van der Waals surface area contributed by atoms with Gasteiger partial charge in [0, 0.05) is 0 Å². The van der Waals surface area contributed by atoms with Crippen LogP contribution in [0.2, 0.25) is 0 Å². The molecule has 0 spiro atoms. The summed E-state index contributed by atoms with van der Waals surface area (Å²) >= 11 is 0. The smallest absolute Gasteiger partial charge is 0.343 e. The molecule has 0 atom stereocenters. The van der Waals surface area contributed by atoms with Gasteiger partial charge in [-0.1, -0.05) is 77.9 Å². The predicted octanol–water partition coefficient (Wildman–Crippen LogP) is 7.87. The normalized spacial score (nSPS) is 11.8. The van der Waals surface area contributed by atoms with Gasteiger partial charge in [0.2, 0.25) is 0 Å². The van der Waals surface area contributed by atoms with Crippen molar-refractivity contribution >= 4 is 22.7 Å². The van der Waals surface area contributed by atoms with Crippen LogP contribution in [-0.4, -0.2) is 11.9 Å². The van der Waals surface area contributed by atoms with Crippen LogP contribution in [0.3, 0.4) is 0 Å². The fraction of sp³-hybridized carbons (Fsp3) is 0.250. The summed E-state index contributed by atoms with van der Waals surface area (Å²) in [6.45, 7) is 12.8. The number of ether oxygens (including phenoxy) is 2. The molecule has 0 aromatic heterocycles. The number of fused-ring (bicyclic) bond motifs is 1. The summed E-state index contributed by atoms with van der Waals surface area (Å²) in [4.78, 5) is 25.4. The molecule has 0 unspecified atom stereocenters. The Morgan fingerprint density at radius 3 is 1.14 bits per heavy atom. The van der Waals surface area contributed by atoms with E-state index in [1.54, 1.807) is 24.3 Å². The molecule has 0 amide bonds. The van der Waals surface area contributed by atoms with Crippen molar-refractivity contribution in [3.63, 3.8) is 0 Å². The summed E-state index contributed by atoms with van der Waals surface area (Å²) < 4.78 is 11.1. The molecular formula is C32H32O4. The summed E-state index contributed by atoms with van der Waals surface area (Å²) in [7, 11) is 0. The SMILES string of the molecule is CC(C)(C)c1ccc(OC(=O)c2ccc3cc(C(=O)Oc4ccc(C(C)(C)C)cc4)ccc3c2)cc1. The first kappa shape index (κ1) is 25.2. The minimum Gasteiger partial charge on any atom is -0.423 e. The third-order valence-electron chi connectivity index (χ3n) is 6.17. The Morgan fingerprint density at radius 2 is 0.833 bits per heavy atom. The zero-order chi connectivity index (χ0) is 26.1. The van der Waals surface area contributed by atoms with Crippen molar-refractivity contribution < 1.29 is 19.1 Å². The summed E-state index contributed by atoms with van der Waals surface area (Å²) in [5.41, 5.74) is 3.29. The van der Waals surface area contributed by atoms with Crippen LogP contribution >= 0.6 is 0 Å². The predicted molar refractivity (Wildman–Crippen MR) is 144 cm³/mol. The molecule has 0 aliphatic carbocycles. The molecule has 4 aromatic rings. The van der Waals surface area contributed by atoms with E-state index >= 15 is 0 Å². The van der Waals surface area contributed by atoms with Gasteiger partial charge in [-0.25, -0.2) is 9.59 Å². The fourth-order valence-electron chi connectivity index (χ4n) is 3.88. The van der Waals surface area contributed by atoms with Gasteiger partial charge in [0.25, 0.3) is 0 Å². The Bertz CT molecular complexity index is 1290. The van der Waals surface area contributed by atoms with Gasteiger partial charge >= 0.3 is 11.9 Å². The average molecular weight is 481 g/mol. The highest BCUT2D eigenvalue weighted by atomic mass is 16.5. The number of carbonyl (C=O) groups is 2. The van der Waals surface area contributed by atoms with E-state index in [9.17, 15) is 9.59 Å². The Balaban J connectivity index is 1.46. The molecule has 0 bridgehead atoms. The number of hydrogen-bond donors (Lipinski definition) is 0. The van der Waals surface area contributed by atoms with Gasteiger partial charge < -0.3 is 9.47 Å². The number of benzene rings is 4. The second kappa shape index (κ2) is 9.62. The van der Waals surface area contributed by atoms with Gasteiger partial charge in [-0.05, 0) is 81.3 Å². The van der Waals surface area contributed by atoms with Gasteiger partial charge in [-0.3, -0.25) is 0 Å². The van der Waals surface area contributed by atoms with Crippen molar-refractivity contribution in [1.29, 1.82) is 0 Å². The third kappa shape index (κ3) is 5.83. The van der Waals surface area contributed by atoms with Crippen LogP contribution < -0.4 is 9.47 Å². The lowest BCUT2D eigenvalue weighted by Gasteiger charge is -2.19. The minimum atomic E-state index is -0.428. The summed E-state index contributed by atoms with van der Waals surface area (Å²) in [5, 5.41) is 1.66. The molecule has 184 valence electrons. The fourth-order valence-corrected chi connectivity index (χ4v) is 3.88. The van der Waals surface area contributed by atoms with Crippen molar-refractivity contribution in [2.24, 2.45) is 0 Å². The highest BCUT2D eigenvalue weighted by Crippen LogP contribution is 2.27. The van der Waals surface area contributed by atoms with Crippen LogP contribution in [0.4, 0.5) is 0 Å². The molecule has 0 N–H and O–H groups in total. The van der Waals surface area contributed by atoms with E-state index in [0.29, 0.717) is 22.6 Å². The van der Waals surface area contributed by atoms with E-state index in [-0.39, 0.29) is 10.8 Å². The van der Waals surface area contributed by atoms with Crippen molar-refractivity contribution in [2.45, 2.75) is 52.4 Å².